The van der Waals surface area contributed by atoms with E-state index in [1.165, 1.54) is 12.1 Å². The second-order valence-corrected chi connectivity index (χ2v) is 6.48. The van der Waals surface area contributed by atoms with Gasteiger partial charge >= 0.3 is 5.97 Å². The summed E-state index contributed by atoms with van der Waals surface area (Å²) in [6.07, 6.45) is 0.501. The minimum Gasteiger partial charge on any atom is -0.460 e. The molecule has 0 saturated carbocycles. The van der Waals surface area contributed by atoms with Crippen molar-refractivity contribution in [1.29, 1.82) is 0 Å². The van der Waals surface area contributed by atoms with Crippen LogP contribution in [0.1, 0.15) is 29.8 Å². The van der Waals surface area contributed by atoms with Crippen molar-refractivity contribution in [1.82, 2.24) is 0 Å². The molecular formula is C13H17ClO5S. The highest BCUT2D eigenvalue weighted by atomic mass is 35.7. The molecule has 0 radical (unpaired) electrons. The molecule has 0 aliphatic heterocycles. The van der Waals surface area contributed by atoms with Crippen LogP contribution in [0.15, 0.2) is 23.1 Å². The van der Waals surface area contributed by atoms with Gasteiger partial charge in [-0.25, -0.2) is 13.2 Å². The van der Waals surface area contributed by atoms with Crippen LogP contribution in [-0.4, -0.2) is 34.2 Å². The summed E-state index contributed by atoms with van der Waals surface area (Å²) in [6, 6.07) is 4.33. The lowest BCUT2D eigenvalue weighted by Crippen LogP contribution is -2.11. The van der Waals surface area contributed by atoms with Crippen LogP contribution in [0.4, 0.5) is 0 Å². The Kier molecular flexibility index (Phi) is 6.45. The minimum absolute atomic E-state index is 0.0547. The number of halogens is 1. The molecule has 0 aromatic heterocycles. The van der Waals surface area contributed by atoms with Crippen LogP contribution >= 0.6 is 10.7 Å². The van der Waals surface area contributed by atoms with E-state index >= 15 is 0 Å². The summed E-state index contributed by atoms with van der Waals surface area (Å²) in [6.45, 7) is 4.60. The Hall–Kier alpha value is -1.11. The fourth-order valence-electron chi connectivity index (χ4n) is 1.62. The van der Waals surface area contributed by atoms with Crippen molar-refractivity contribution in [3.05, 3.63) is 29.3 Å². The molecule has 7 heteroatoms. The van der Waals surface area contributed by atoms with Gasteiger partial charge in [0.15, 0.2) is 0 Å². The molecule has 0 bridgehead atoms. The van der Waals surface area contributed by atoms with Crippen LogP contribution in [0.2, 0.25) is 0 Å². The van der Waals surface area contributed by atoms with Gasteiger partial charge in [0, 0.05) is 17.3 Å². The first-order chi connectivity index (χ1) is 9.40. The molecule has 0 atom stereocenters. The van der Waals surface area contributed by atoms with E-state index in [4.69, 9.17) is 20.2 Å². The maximum atomic E-state index is 11.8. The highest BCUT2D eigenvalue weighted by Crippen LogP contribution is 2.22. The molecule has 0 spiro atoms. The molecule has 1 aromatic carbocycles. The molecule has 112 valence electrons. The third-order valence-corrected chi connectivity index (χ3v) is 4.02. The van der Waals surface area contributed by atoms with Crippen LogP contribution in [0, 0.1) is 0 Å². The van der Waals surface area contributed by atoms with Gasteiger partial charge in [-0.2, -0.15) is 0 Å². The third kappa shape index (κ3) is 4.77. The number of benzene rings is 1. The predicted octanol–water partition coefficient (Wildman–Crippen LogP) is 2.37. The van der Waals surface area contributed by atoms with Gasteiger partial charge in [0.25, 0.3) is 9.05 Å². The SMILES string of the molecule is CCOCCOC(=O)c1ccc(CC)c(S(=O)(=O)Cl)c1. The first kappa shape index (κ1) is 16.9. The quantitative estimate of drug-likeness (QED) is 0.438. The minimum atomic E-state index is -3.89. The van der Waals surface area contributed by atoms with E-state index in [2.05, 4.69) is 0 Å². The lowest BCUT2D eigenvalue weighted by Gasteiger charge is -2.08. The molecular weight excluding hydrogens is 304 g/mol. The average Bonchev–Trinajstić information content (AvgIpc) is 2.41. The summed E-state index contributed by atoms with van der Waals surface area (Å²) in [5.41, 5.74) is 0.712. The van der Waals surface area contributed by atoms with Crippen molar-refractivity contribution in [2.24, 2.45) is 0 Å². The Morgan fingerprint density at radius 2 is 1.95 bits per heavy atom. The van der Waals surface area contributed by atoms with Crippen molar-refractivity contribution >= 4 is 25.7 Å². The Balaban J connectivity index is 2.89. The summed E-state index contributed by atoms with van der Waals surface area (Å²) in [5.74, 6) is -0.603. The van der Waals surface area contributed by atoms with Gasteiger partial charge < -0.3 is 9.47 Å². The summed E-state index contributed by atoms with van der Waals surface area (Å²) in [7, 11) is 1.47. The summed E-state index contributed by atoms with van der Waals surface area (Å²) < 4.78 is 33.0. The molecule has 0 fully saturated rings. The van der Waals surface area contributed by atoms with Crippen LogP contribution < -0.4 is 0 Å². The Morgan fingerprint density at radius 3 is 2.50 bits per heavy atom. The maximum Gasteiger partial charge on any atom is 0.338 e. The van der Waals surface area contributed by atoms with Crippen LogP contribution in [-0.2, 0) is 24.9 Å². The monoisotopic (exact) mass is 320 g/mol. The zero-order chi connectivity index (χ0) is 15.2. The fraction of sp³-hybridized carbons (Fsp3) is 0.462. The third-order valence-electron chi connectivity index (χ3n) is 2.61. The summed E-state index contributed by atoms with van der Waals surface area (Å²) >= 11 is 0. The molecule has 1 aromatic rings. The molecule has 0 saturated heterocycles. The molecule has 5 nitrogen and oxygen atoms in total. The Labute approximate surface area is 123 Å². The Bertz CT molecular complexity index is 568. The Morgan fingerprint density at radius 1 is 1.25 bits per heavy atom. The summed E-state index contributed by atoms with van der Waals surface area (Å²) in [4.78, 5) is 11.7. The maximum absolute atomic E-state index is 11.8. The first-order valence-corrected chi connectivity index (χ1v) is 8.53. The van der Waals surface area contributed by atoms with Crippen molar-refractivity contribution in [2.75, 3.05) is 19.8 Å². The van der Waals surface area contributed by atoms with Gasteiger partial charge in [0.05, 0.1) is 17.1 Å². The van der Waals surface area contributed by atoms with Gasteiger partial charge in [-0.1, -0.05) is 13.0 Å². The lowest BCUT2D eigenvalue weighted by molar-refractivity contribution is 0.0335. The zero-order valence-electron chi connectivity index (χ0n) is 11.4. The number of aryl methyl sites for hydroxylation is 1. The molecule has 0 aliphatic rings. The molecule has 1 rings (SSSR count). The predicted molar refractivity (Wildman–Crippen MR) is 75.6 cm³/mol. The topological polar surface area (TPSA) is 69.7 Å². The zero-order valence-corrected chi connectivity index (χ0v) is 13.0. The molecule has 0 N–H and O–H groups in total. The van der Waals surface area contributed by atoms with Crippen LogP contribution in [0.5, 0.6) is 0 Å². The van der Waals surface area contributed by atoms with Gasteiger partial charge in [0.2, 0.25) is 0 Å². The lowest BCUT2D eigenvalue weighted by atomic mass is 10.1. The number of rotatable bonds is 7. The fourth-order valence-corrected chi connectivity index (χ4v) is 2.85. The van der Waals surface area contributed by atoms with E-state index in [9.17, 15) is 13.2 Å². The van der Waals surface area contributed by atoms with Gasteiger partial charge in [-0.3, -0.25) is 0 Å². The van der Waals surface area contributed by atoms with E-state index in [1.807, 2.05) is 6.92 Å². The molecule has 0 amide bonds. The average molecular weight is 321 g/mol. The van der Waals surface area contributed by atoms with Crippen LogP contribution in [0.25, 0.3) is 0 Å². The molecule has 0 unspecified atom stereocenters. The first-order valence-electron chi connectivity index (χ1n) is 6.22. The van der Waals surface area contributed by atoms with Gasteiger partial charge in [-0.05, 0) is 31.0 Å². The normalized spacial score (nSPS) is 11.3. The molecule has 0 heterocycles. The van der Waals surface area contributed by atoms with Crippen molar-refractivity contribution in [3.63, 3.8) is 0 Å². The van der Waals surface area contributed by atoms with Crippen molar-refractivity contribution in [3.8, 4) is 0 Å². The van der Waals surface area contributed by atoms with E-state index in [0.29, 0.717) is 25.2 Å². The number of carbonyl (C=O) groups is 1. The number of hydrogen-bond donors (Lipinski definition) is 0. The van der Waals surface area contributed by atoms with Crippen molar-refractivity contribution in [2.45, 2.75) is 25.2 Å². The smallest absolute Gasteiger partial charge is 0.338 e. The highest BCUT2D eigenvalue weighted by Gasteiger charge is 2.18. The van der Waals surface area contributed by atoms with Gasteiger partial charge in [-0.15, -0.1) is 0 Å². The molecule has 20 heavy (non-hydrogen) atoms. The standard InChI is InChI=1S/C13H17ClO5S/c1-3-10-5-6-11(9-12(10)20(14,16)17)13(15)19-8-7-18-4-2/h5-6,9H,3-4,7-8H2,1-2H3. The highest BCUT2D eigenvalue weighted by molar-refractivity contribution is 8.13. The second kappa shape index (κ2) is 7.61. The van der Waals surface area contributed by atoms with Crippen molar-refractivity contribution < 1.29 is 22.7 Å². The summed E-state index contributed by atoms with van der Waals surface area (Å²) in [5, 5.41) is 0. The number of ether oxygens (including phenoxy) is 2. The number of hydrogen-bond acceptors (Lipinski definition) is 5. The van der Waals surface area contributed by atoms with E-state index in [-0.39, 0.29) is 17.1 Å². The van der Waals surface area contributed by atoms with E-state index in [1.54, 1.807) is 13.0 Å². The largest absolute Gasteiger partial charge is 0.460 e. The van der Waals surface area contributed by atoms with E-state index in [0.717, 1.165) is 0 Å². The molecule has 0 aliphatic carbocycles. The van der Waals surface area contributed by atoms with Crippen LogP contribution in [0.3, 0.4) is 0 Å². The second-order valence-electron chi connectivity index (χ2n) is 3.95. The number of carbonyl (C=O) groups excluding carboxylic acids is 1. The van der Waals surface area contributed by atoms with E-state index < -0.39 is 15.0 Å². The van der Waals surface area contributed by atoms with Gasteiger partial charge in [0.1, 0.15) is 6.61 Å². The number of esters is 1.